The number of carbonyl (C=O) groups is 1. The topological polar surface area (TPSA) is 45.2 Å². The van der Waals surface area contributed by atoms with E-state index in [2.05, 4.69) is 10.3 Å². The van der Waals surface area contributed by atoms with E-state index in [1.54, 1.807) is 18.0 Å². The van der Waals surface area contributed by atoms with Crippen molar-refractivity contribution < 1.29 is 4.79 Å². The van der Waals surface area contributed by atoms with Gasteiger partial charge in [0.25, 0.3) is 0 Å². The predicted octanol–water partition coefficient (Wildman–Crippen LogP) is 3.81. The SMILES string of the molecule is CC(Sc1ccc(Cl)cc1)C(=O)N1CCNCC1c1cccnc1.Cl. The summed E-state index contributed by atoms with van der Waals surface area (Å²) in [5.74, 6) is 0.158. The number of pyridine rings is 1. The van der Waals surface area contributed by atoms with Gasteiger partial charge in [-0.05, 0) is 42.8 Å². The average molecular weight is 398 g/mol. The molecular weight excluding hydrogens is 377 g/mol. The fraction of sp³-hybridized carbons (Fsp3) is 0.333. The Morgan fingerprint density at radius 3 is 2.80 bits per heavy atom. The van der Waals surface area contributed by atoms with Crippen molar-refractivity contribution in [2.24, 2.45) is 0 Å². The number of thioether (sulfide) groups is 1. The first-order valence-electron chi connectivity index (χ1n) is 7.98. The highest BCUT2D eigenvalue weighted by molar-refractivity contribution is 8.00. The molecule has 2 aromatic rings. The minimum Gasteiger partial charge on any atom is -0.332 e. The highest BCUT2D eigenvalue weighted by Crippen LogP contribution is 2.29. The number of benzene rings is 1. The highest BCUT2D eigenvalue weighted by Gasteiger charge is 2.31. The van der Waals surface area contributed by atoms with Crippen LogP contribution in [0.4, 0.5) is 0 Å². The smallest absolute Gasteiger partial charge is 0.236 e. The van der Waals surface area contributed by atoms with E-state index < -0.39 is 0 Å². The van der Waals surface area contributed by atoms with Gasteiger partial charge in [-0.15, -0.1) is 24.2 Å². The summed E-state index contributed by atoms with van der Waals surface area (Å²) in [7, 11) is 0. The number of nitrogens with one attached hydrogen (secondary N) is 1. The number of carbonyl (C=O) groups excluding carboxylic acids is 1. The van der Waals surface area contributed by atoms with Crippen molar-refractivity contribution in [3.8, 4) is 0 Å². The quantitative estimate of drug-likeness (QED) is 0.796. The van der Waals surface area contributed by atoms with Gasteiger partial charge in [0.05, 0.1) is 11.3 Å². The molecule has 1 amide bonds. The summed E-state index contributed by atoms with van der Waals surface area (Å²) < 4.78 is 0. The Bertz CT molecular complexity index is 684. The molecule has 4 nitrogen and oxygen atoms in total. The molecule has 2 atom stereocenters. The third kappa shape index (κ3) is 5.11. The Morgan fingerprint density at radius 2 is 2.12 bits per heavy atom. The van der Waals surface area contributed by atoms with Gasteiger partial charge in [0.2, 0.25) is 5.91 Å². The van der Waals surface area contributed by atoms with Crippen LogP contribution in [0.1, 0.15) is 18.5 Å². The van der Waals surface area contributed by atoms with E-state index in [-0.39, 0.29) is 29.6 Å². The van der Waals surface area contributed by atoms with E-state index in [1.165, 1.54) is 0 Å². The lowest BCUT2D eigenvalue weighted by atomic mass is 10.0. The second-order valence-corrected chi connectivity index (χ2v) is 7.60. The van der Waals surface area contributed by atoms with Gasteiger partial charge in [-0.1, -0.05) is 17.7 Å². The normalized spacial score (nSPS) is 18.3. The first-order chi connectivity index (χ1) is 11.6. The van der Waals surface area contributed by atoms with E-state index in [0.29, 0.717) is 11.6 Å². The van der Waals surface area contributed by atoms with Crippen LogP contribution in [0.2, 0.25) is 5.02 Å². The molecule has 0 aliphatic carbocycles. The molecule has 7 heteroatoms. The molecule has 0 bridgehead atoms. The van der Waals surface area contributed by atoms with Gasteiger partial charge in [-0.2, -0.15) is 0 Å². The van der Waals surface area contributed by atoms with Crippen molar-refractivity contribution in [1.29, 1.82) is 0 Å². The number of hydrogen-bond acceptors (Lipinski definition) is 4. The molecule has 1 saturated heterocycles. The average Bonchev–Trinajstić information content (AvgIpc) is 2.63. The molecule has 25 heavy (non-hydrogen) atoms. The minimum atomic E-state index is -0.150. The van der Waals surface area contributed by atoms with Crippen LogP contribution in [0.25, 0.3) is 0 Å². The Kier molecular flexibility index (Phi) is 7.56. The van der Waals surface area contributed by atoms with Crippen molar-refractivity contribution in [3.05, 3.63) is 59.4 Å². The number of piperazine rings is 1. The van der Waals surface area contributed by atoms with Crippen molar-refractivity contribution >= 4 is 41.7 Å². The zero-order valence-electron chi connectivity index (χ0n) is 13.9. The second kappa shape index (κ2) is 9.43. The first-order valence-corrected chi connectivity index (χ1v) is 9.24. The molecule has 134 valence electrons. The molecule has 0 saturated carbocycles. The summed E-state index contributed by atoms with van der Waals surface area (Å²) in [5.41, 5.74) is 1.07. The molecule has 1 aromatic heterocycles. The van der Waals surface area contributed by atoms with Crippen LogP contribution < -0.4 is 5.32 Å². The molecule has 2 unspecified atom stereocenters. The minimum absolute atomic E-state index is 0. The maximum atomic E-state index is 13.0. The number of amides is 1. The second-order valence-electron chi connectivity index (χ2n) is 5.75. The zero-order chi connectivity index (χ0) is 16.9. The van der Waals surface area contributed by atoms with E-state index in [4.69, 9.17) is 11.6 Å². The van der Waals surface area contributed by atoms with Gasteiger partial charge in [-0.25, -0.2) is 0 Å². The van der Waals surface area contributed by atoms with Crippen LogP contribution in [0.5, 0.6) is 0 Å². The summed E-state index contributed by atoms with van der Waals surface area (Å²) in [6, 6.07) is 11.6. The van der Waals surface area contributed by atoms with Gasteiger partial charge in [0, 0.05) is 41.9 Å². The van der Waals surface area contributed by atoms with Crippen molar-refractivity contribution in [3.63, 3.8) is 0 Å². The van der Waals surface area contributed by atoms with E-state index in [0.717, 1.165) is 23.5 Å². The zero-order valence-corrected chi connectivity index (χ0v) is 16.3. The van der Waals surface area contributed by atoms with Crippen LogP contribution in [-0.4, -0.2) is 40.7 Å². The summed E-state index contributed by atoms with van der Waals surface area (Å²) in [4.78, 5) is 20.2. The van der Waals surface area contributed by atoms with Crippen LogP contribution in [-0.2, 0) is 4.79 Å². The molecule has 1 fully saturated rings. The van der Waals surface area contributed by atoms with Gasteiger partial charge in [0.15, 0.2) is 0 Å². The monoisotopic (exact) mass is 397 g/mol. The first kappa shape index (κ1) is 20.0. The number of halogens is 2. The Labute approximate surface area is 163 Å². The standard InChI is InChI=1S/C18H20ClN3OS.ClH/c1-13(24-16-6-4-15(19)5-7-16)18(23)22-10-9-21-12-17(22)14-3-2-8-20-11-14;/h2-8,11,13,17,21H,9-10,12H2,1H3;1H. The van der Waals surface area contributed by atoms with Gasteiger partial charge >= 0.3 is 0 Å². The van der Waals surface area contributed by atoms with Crippen molar-refractivity contribution in [1.82, 2.24) is 15.2 Å². The lowest BCUT2D eigenvalue weighted by molar-refractivity contribution is -0.133. The lowest BCUT2D eigenvalue weighted by Crippen LogP contribution is -2.50. The van der Waals surface area contributed by atoms with Crippen LogP contribution in [0.15, 0.2) is 53.7 Å². The van der Waals surface area contributed by atoms with Crippen LogP contribution >= 0.6 is 35.8 Å². The fourth-order valence-electron chi connectivity index (χ4n) is 2.84. The van der Waals surface area contributed by atoms with E-state index in [9.17, 15) is 4.79 Å². The molecule has 1 aromatic carbocycles. The number of rotatable bonds is 4. The molecule has 1 aliphatic rings. The third-order valence-electron chi connectivity index (χ3n) is 4.07. The fourth-order valence-corrected chi connectivity index (χ4v) is 3.90. The van der Waals surface area contributed by atoms with Crippen molar-refractivity contribution in [2.45, 2.75) is 23.1 Å². The molecule has 1 N–H and O–H groups in total. The summed E-state index contributed by atoms with van der Waals surface area (Å²) in [5, 5.41) is 3.93. The Morgan fingerprint density at radius 1 is 1.36 bits per heavy atom. The third-order valence-corrected chi connectivity index (χ3v) is 5.42. The highest BCUT2D eigenvalue weighted by atomic mass is 35.5. The summed E-state index contributed by atoms with van der Waals surface area (Å²) in [6.45, 7) is 4.25. The molecule has 1 aliphatic heterocycles. The predicted molar refractivity (Wildman–Crippen MR) is 106 cm³/mol. The molecule has 2 heterocycles. The maximum absolute atomic E-state index is 13.0. The summed E-state index contributed by atoms with van der Waals surface area (Å²) >= 11 is 7.49. The van der Waals surface area contributed by atoms with Crippen LogP contribution in [0, 0.1) is 0 Å². The van der Waals surface area contributed by atoms with Gasteiger partial charge in [-0.3, -0.25) is 9.78 Å². The molecule has 3 rings (SSSR count). The molecule has 0 radical (unpaired) electrons. The number of hydrogen-bond donors (Lipinski definition) is 1. The Balaban J connectivity index is 0.00000225. The number of nitrogens with zero attached hydrogens (tertiary/aromatic N) is 2. The lowest BCUT2D eigenvalue weighted by Gasteiger charge is -2.37. The van der Waals surface area contributed by atoms with E-state index in [1.807, 2.05) is 54.4 Å². The molecule has 0 spiro atoms. The number of aromatic nitrogens is 1. The van der Waals surface area contributed by atoms with E-state index >= 15 is 0 Å². The molecular formula is C18H21Cl2N3OS. The van der Waals surface area contributed by atoms with Crippen molar-refractivity contribution in [2.75, 3.05) is 19.6 Å². The van der Waals surface area contributed by atoms with Gasteiger partial charge < -0.3 is 10.2 Å². The largest absolute Gasteiger partial charge is 0.332 e. The maximum Gasteiger partial charge on any atom is 0.236 e. The Hall–Kier alpha value is -1.27. The van der Waals surface area contributed by atoms with Crippen LogP contribution in [0.3, 0.4) is 0 Å². The van der Waals surface area contributed by atoms with Gasteiger partial charge in [0.1, 0.15) is 0 Å². The summed E-state index contributed by atoms with van der Waals surface area (Å²) in [6.07, 6.45) is 3.60.